The Balaban J connectivity index is 0.00000157. The van der Waals surface area contributed by atoms with Crippen LogP contribution in [0, 0.1) is 5.92 Å². The third-order valence-electron chi connectivity index (χ3n) is 9.12. The fraction of sp³-hybridized carbons (Fsp3) is 0.892. The molecule has 1 N–H and O–H groups in total. The van der Waals surface area contributed by atoms with Crippen LogP contribution in [0.15, 0.2) is 21.9 Å². The Morgan fingerprint density at radius 1 is 0.619 bits per heavy atom. The first kappa shape index (κ1) is 41.1. The minimum atomic E-state index is -0.387. The van der Waals surface area contributed by atoms with Gasteiger partial charge < -0.3 is 4.57 Å². The molecule has 0 saturated carbocycles. The standard InChI is InChI=1S/C32H67P.C5H6N2O2/c1-5-9-13-17-18-19-20-21-22-24-28-31(27-23-14-10-6-2)32(33,29-25-15-11-7-3)30-26-16-12-8-4;1-7-3-2-4(8)6-5(7)9/h31H,5-30,33H2,1-4H3;2-3H,1H3,(H,6,8,9). The Bertz CT molecular complexity index is 806. The summed E-state index contributed by atoms with van der Waals surface area (Å²) in [5, 5.41) is 0.521. The Labute approximate surface area is 264 Å². The Morgan fingerprint density at radius 2 is 0.976 bits per heavy atom. The van der Waals surface area contributed by atoms with Gasteiger partial charge in [0.1, 0.15) is 0 Å². The minimum absolute atomic E-state index is 0.363. The number of aromatic nitrogens is 2. The van der Waals surface area contributed by atoms with Gasteiger partial charge in [-0.25, -0.2) is 4.79 Å². The van der Waals surface area contributed by atoms with E-state index in [-0.39, 0.29) is 11.2 Å². The van der Waals surface area contributed by atoms with Gasteiger partial charge in [-0.05, 0) is 36.8 Å². The molecule has 0 aliphatic rings. The van der Waals surface area contributed by atoms with E-state index in [0.29, 0.717) is 5.16 Å². The van der Waals surface area contributed by atoms with E-state index >= 15 is 0 Å². The smallest absolute Gasteiger partial charge is 0.304 e. The van der Waals surface area contributed by atoms with Crippen LogP contribution in [-0.4, -0.2) is 14.7 Å². The summed E-state index contributed by atoms with van der Waals surface area (Å²) in [5.41, 5.74) is -0.749. The maximum Gasteiger partial charge on any atom is 0.328 e. The van der Waals surface area contributed by atoms with Gasteiger partial charge in [-0.15, -0.1) is 9.24 Å². The number of H-pyrrole nitrogens is 1. The van der Waals surface area contributed by atoms with Crippen LogP contribution in [0.5, 0.6) is 0 Å². The second-order valence-electron chi connectivity index (χ2n) is 13.1. The van der Waals surface area contributed by atoms with Gasteiger partial charge in [-0.2, -0.15) is 0 Å². The lowest BCUT2D eigenvalue weighted by molar-refractivity contribution is 0.270. The van der Waals surface area contributed by atoms with Crippen LogP contribution in [-0.2, 0) is 7.05 Å². The van der Waals surface area contributed by atoms with Crippen molar-refractivity contribution in [3.63, 3.8) is 0 Å². The second kappa shape index (κ2) is 28.9. The van der Waals surface area contributed by atoms with Crippen molar-refractivity contribution in [3.05, 3.63) is 33.1 Å². The Morgan fingerprint density at radius 3 is 1.36 bits per heavy atom. The van der Waals surface area contributed by atoms with Crippen molar-refractivity contribution in [2.75, 3.05) is 0 Å². The molecule has 2 atom stereocenters. The van der Waals surface area contributed by atoms with Gasteiger partial charge in [0.2, 0.25) is 0 Å². The van der Waals surface area contributed by atoms with Crippen LogP contribution in [0.3, 0.4) is 0 Å². The summed E-state index contributed by atoms with van der Waals surface area (Å²) < 4.78 is 1.29. The van der Waals surface area contributed by atoms with Gasteiger partial charge in [-0.1, -0.05) is 169 Å². The molecule has 0 spiro atoms. The number of nitrogens with one attached hydrogen (secondary N) is 1. The summed E-state index contributed by atoms with van der Waals surface area (Å²) in [6, 6.07) is 1.29. The molecule has 1 aromatic rings. The molecule has 1 heterocycles. The van der Waals surface area contributed by atoms with Crippen LogP contribution >= 0.6 is 9.24 Å². The van der Waals surface area contributed by atoms with Gasteiger partial charge >= 0.3 is 5.69 Å². The van der Waals surface area contributed by atoms with E-state index < -0.39 is 0 Å². The van der Waals surface area contributed by atoms with Gasteiger partial charge in [0, 0.05) is 19.3 Å². The van der Waals surface area contributed by atoms with E-state index in [4.69, 9.17) is 0 Å². The van der Waals surface area contributed by atoms with E-state index in [9.17, 15) is 9.59 Å². The molecule has 0 amide bonds. The SMILES string of the molecule is CCCCCCCCCCCCC(CCCCCC)C(P)(CCCCCC)CCCCCC.Cn1ccc(=O)[nH]c1=O. The minimum Gasteiger partial charge on any atom is -0.304 e. The zero-order valence-corrected chi connectivity index (χ0v) is 30.1. The van der Waals surface area contributed by atoms with E-state index in [1.54, 1.807) is 7.05 Å². The highest BCUT2D eigenvalue weighted by Crippen LogP contribution is 2.44. The summed E-state index contributed by atoms with van der Waals surface area (Å²) in [6.45, 7) is 9.36. The van der Waals surface area contributed by atoms with Crippen LogP contribution < -0.4 is 11.2 Å². The second-order valence-corrected chi connectivity index (χ2v) is 14.2. The summed E-state index contributed by atoms with van der Waals surface area (Å²) in [5.74, 6) is 0.941. The van der Waals surface area contributed by atoms with Crippen molar-refractivity contribution >= 4 is 9.24 Å². The van der Waals surface area contributed by atoms with Gasteiger partial charge in [0.15, 0.2) is 0 Å². The molecular formula is C37H73N2O2P. The lowest BCUT2D eigenvalue weighted by Crippen LogP contribution is -2.32. The number of rotatable bonds is 27. The Hall–Kier alpha value is -0.890. The van der Waals surface area contributed by atoms with Gasteiger partial charge in [0.25, 0.3) is 5.56 Å². The number of aromatic amines is 1. The largest absolute Gasteiger partial charge is 0.328 e. The lowest BCUT2D eigenvalue weighted by Gasteiger charge is -2.39. The maximum atomic E-state index is 10.5. The first-order valence-electron chi connectivity index (χ1n) is 18.4. The van der Waals surface area contributed by atoms with Crippen molar-refractivity contribution < 1.29 is 0 Å². The predicted octanol–water partition coefficient (Wildman–Crippen LogP) is 11.5. The highest BCUT2D eigenvalue weighted by Gasteiger charge is 2.32. The lowest BCUT2D eigenvalue weighted by atomic mass is 9.77. The van der Waals surface area contributed by atoms with E-state index in [2.05, 4.69) is 41.9 Å². The molecule has 0 fully saturated rings. The molecule has 0 aliphatic heterocycles. The first-order valence-corrected chi connectivity index (χ1v) is 19.0. The molecule has 0 bridgehead atoms. The number of nitrogens with zero attached hydrogens (tertiary/aromatic N) is 1. The highest BCUT2D eigenvalue weighted by atomic mass is 31.0. The van der Waals surface area contributed by atoms with Crippen LogP contribution in [0.25, 0.3) is 0 Å². The number of hydrogen-bond acceptors (Lipinski definition) is 2. The molecule has 0 aliphatic carbocycles. The summed E-state index contributed by atoms with van der Waals surface area (Å²) in [6.07, 6.45) is 39.0. The predicted molar refractivity (Wildman–Crippen MR) is 191 cm³/mol. The summed E-state index contributed by atoms with van der Waals surface area (Å²) in [4.78, 5) is 23.0. The topological polar surface area (TPSA) is 54.9 Å². The summed E-state index contributed by atoms with van der Waals surface area (Å²) in [7, 11) is 5.05. The van der Waals surface area contributed by atoms with Crippen molar-refractivity contribution in [1.82, 2.24) is 9.55 Å². The number of unbranched alkanes of at least 4 members (excludes halogenated alkanes) is 18. The van der Waals surface area contributed by atoms with Crippen LogP contribution in [0.4, 0.5) is 0 Å². The molecule has 42 heavy (non-hydrogen) atoms. The molecule has 0 aromatic carbocycles. The zero-order valence-electron chi connectivity index (χ0n) is 29.0. The average molecular weight is 609 g/mol. The van der Waals surface area contributed by atoms with E-state index in [0.717, 1.165) is 5.92 Å². The van der Waals surface area contributed by atoms with Gasteiger partial charge in [-0.3, -0.25) is 9.78 Å². The summed E-state index contributed by atoms with van der Waals surface area (Å²) >= 11 is 0. The van der Waals surface area contributed by atoms with Crippen LogP contribution in [0.1, 0.15) is 195 Å². The van der Waals surface area contributed by atoms with Crippen molar-refractivity contribution in [2.24, 2.45) is 13.0 Å². The first-order chi connectivity index (χ1) is 20.3. The van der Waals surface area contributed by atoms with Gasteiger partial charge in [0.05, 0.1) is 0 Å². The molecule has 1 aromatic heterocycles. The van der Waals surface area contributed by atoms with Crippen LogP contribution in [0.2, 0.25) is 0 Å². The van der Waals surface area contributed by atoms with Crippen molar-refractivity contribution in [1.29, 1.82) is 0 Å². The van der Waals surface area contributed by atoms with E-state index in [1.807, 2.05) is 0 Å². The fourth-order valence-electron chi connectivity index (χ4n) is 6.19. The van der Waals surface area contributed by atoms with Crippen molar-refractivity contribution in [3.8, 4) is 0 Å². The zero-order chi connectivity index (χ0) is 31.3. The Kier molecular flexibility index (Phi) is 28.2. The molecule has 2 unspecified atom stereocenters. The number of hydrogen-bond donors (Lipinski definition) is 1. The normalized spacial score (nSPS) is 12.2. The monoisotopic (exact) mass is 609 g/mol. The molecule has 0 saturated heterocycles. The molecule has 5 heteroatoms. The van der Waals surface area contributed by atoms with E-state index in [1.165, 1.54) is 184 Å². The fourth-order valence-corrected chi connectivity index (χ4v) is 6.93. The molecule has 4 nitrogen and oxygen atoms in total. The quantitative estimate of drug-likeness (QED) is 0.0798. The third-order valence-corrected chi connectivity index (χ3v) is 10.2. The van der Waals surface area contributed by atoms with Crippen molar-refractivity contribution in [2.45, 2.75) is 200 Å². The third kappa shape index (κ3) is 22.6. The average Bonchev–Trinajstić information content (AvgIpc) is 2.98. The molecule has 248 valence electrons. The molecule has 1 rings (SSSR count). The number of aryl methyl sites for hydroxylation is 1. The molecule has 0 radical (unpaired) electrons. The maximum absolute atomic E-state index is 10.5. The highest BCUT2D eigenvalue weighted by molar-refractivity contribution is 7.19. The molecular weight excluding hydrogens is 535 g/mol.